The first-order valence-electron chi connectivity index (χ1n) is 6.19. The highest BCUT2D eigenvalue weighted by Gasteiger charge is 2.11. The minimum Gasteiger partial charge on any atom is -0.378 e. The second kappa shape index (κ2) is 5.53. The summed E-state index contributed by atoms with van der Waals surface area (Å²) >= 11 is 6.25. The van der Waals surface area contributed by atoms with Gasteiger partial charge < -0.3 is 10.2 Å². The maximum atomic E-state index is 6.25. The number of rotatable bonds is 4. The van der Waals surface area contributed by atoms with Crippen LogP contribution in [0, 0.1) is 6.92 Å². The van der Waals surface area contributed by atoms with Crippen LogP contribution in [0.15, 0.2) is 24.3 Å². The first kappa shape index (κ1) is 13.7. The van der Waals surface area contributed by atoms with Gasteiger partial charge >= 0.3 is 0 Å². The summed E-state index contributed by atoms with van der Waals surface area (Å²) in [7, 11) is 5.97. The molecule has 0 saturated carbocycles. The highest BCUT2D eigenvalue weighted by molar-refractivity contribution is 6.31. The number of nitrogens with one attached hydrogen (secondary N) is 1. The van der Waals surface area contributed by atoms with Crippen molar-refractivity contribution >= 4 is 23.0 Å². The molecule has 2 rings (SSSR count). The Bertz CT molecular complexity index is 575. The summed E-state index contributed by atoms with van der Waals surface area (Å²) in [5.41, 5.74) is 4.09. The smallest absolute Gasteiger partial charge is 0.0865 e. The van der Waals surface area contributed by atoms with Gasteiger partial charge in [0.25, 0.3) is 0 Å². The topological polar surface area (TPSA) is 33.1 Å². The molecule has 0 fully saturated rings. The SMILES string of the molecule is Cc1nn(C)c(CNc2ccccc2N(C)C)c1Cl. The average Bonchev–Trinajstić information content (AvgIpc) is 2.61. The fourth-order valence-electron chi connectivity index (χ4n) is 2.06. The van der Waals surface area contributed by atoms with Crippen LogP contribution < -0.4 is 10.2 Å². The second-order valence-electron chi connectivity index (χ2n) is 4.73. The van der Waals surface area contributed by atoms with E-state index in [2.05, 4.69) is 27.4 Å². The van der Waals surface area contributed by atoms with Crippen LogP contribution in [0.5, 0.6) is 0 Å². The molecule has 0 spiro atoms. The minimum atomic E-state index is 0.654. The number of hydrogen-bond acceptors (Lipinski definition) is 3. The molecule has 1 aromatic carbocycles. The summed E-state index contributed by atoms with van der Waals surface area (Å²) in [6.07, 6.45) is 0. The predicted molar refractivity (Wildman–Crippen MR) is 81.1 cm³/mol. The van der Waals surface area contributed by atoms with Crippen molar-refractivity contribution in [2.45, 2.75) is 13.5 Å². The third-order valence-electron chi connectivity index (χ3n) is 3.09. The van der Waals surface area contributed by atoms with Crippen LogP contribution >= 0.6 is 11.6 Å². The van der Waals surface area contributed by atoms with E-state index in [0.717, 1.165) is 27.8 Å². The second-order valence-corrected chi connectivity index (χ2v) is 5.11. The van der Waals surface area contributed by atoms with Crippen LogP contribution in [0.1, 0.15) is 11.4 Å². The Morgan fingerprint density at radius 2 is 2.00 bits per heavy atom. The van der Waals surface area contributed by atoms with Gasteiger partial charge in [0.15, 0.2) is 0 Å². The van der Waals surface area contributed by atoms with Gasteiger partial charge in [-0.05, 0) is 19.1 Å². The molecule has 0 amide bonds. The Kier molecular flexibility index (Phi) is 4.00. The Labute approximate surface area is 119 Å². The Morgan fingerprint density at radius 1 is 1.32 bits per heavy atom. The number of aromatic nitrogens is 2. The summed E-state index contributed by atoms with van der Waals surface area (Å²) in [6.45, 7) is 2.57. The normalized spacial score (nSPS) is 10.6. The summed E-state index contributed by atoms with van der Waals surface area (Å²) < 4.78 is 1.82. The fourth-order valence-corrected chi connectivity index (χ4v) is 2.29. The molecule has 0 aliphatic rings. The minimum absolute atomic E-state index is 0.654. The summed E-state index contributed by atoms with van der Waals surface area (Å²) in [5, 5.41) is 8.47. The maximum Gasteiger partial charge on any atom is 0.0865 e. The third kappa shape index (κ3) is 2.84. The van der Waals surface area contributed by atoms with E-state index >= 15 is 0 Å². The number of hydrogen-bond donors (Lipinski definition) is 1. The molecule has 0 aliphatic carbocycles. The summed E-state index contributed by atoms with van der Waals surface area (Å²) in [4.78, 5) is 2.08. The zero-order valence-corrected chi connectivity index (χ0v) is 12.5. The van der Waals surface area contributed by atoms with Gasteiger partial charge in [0, 0.05) is 21.1 Å². The molecule has 0 atom stereocenters. The van der Waals surface area contributed by atoms with Crippen molar-refractivity contribution in [3.05, 3.63) is 40.7 Å². The molecular formula is C14H19ClN4. The van der Waals surface area contributed by atoms with Crippen molar-refractivity contribution in [2.24, 2.45) is 7.05 Å². The molecule has 2 aromatic rings. The number of para-hydroxylation sites is 2. The van der Waals surface area contributed by atoms with E-state index in [0.29, 0.717) is 6.54 Å². The molecule has 0 unspecified atom stereocenters. The maximum absolute atomic E-state index is 6.25. The van der Waals surface area contributed by atoms with Gasteiger partial charge in [-0.1, -0.05) is 23.7 Å². The number of nitrogens with zero attached hydrogens (tertiary/aromatic N) is 3. The molecule has 0 aliphatic heterocycles. The average molecular weight is 279 g/mol. The van der Waals surface area contributed by atoms with Gasteiger partial charge in [-0.3, -0.25) is 4.68 Å². The molecule has 1 N–H and O–H groups in total. The number of halogens is 1. The highest BCUT2D eigenvalue weighted by atomic mass is 35.5. The number of benzene rings is 1. The summed E-state index contributed by atoms with van der Waals surface area (Å²) in [5.74, 6) is 0. The van der Waals surface area contributed by atoms with Crippen molar-refractivity contribution in [3.63, 3.8) is 0 Å². The lowest BCUT2D eigenvalue weighted by atomic mass is 10.2. The lowest BCUT2D eigenvalue weighted by molar-refractivity contribution is 0.713. The lowest BCUT2D eigenvalue weighted by Crippen LogP contribution is -2.13. The molecule has 0 saturated heterocycles. The largest absolute Gasteiger partial charge is 0.378 e. The van der Waals surface area contributed by atoms with E-state index < -0.39 is 0 Å². The quantitative estimate of drug-likeness (QED) is 0.933. The van der Waals surface area contributed by atoms with Gasteiger partial charge in [-0.25, -0.2) is 0 Å². The lowest BCUT2D eigenvalue weighted by Gasteiger charge is -2.18. The van der Waals surface area contributed by atoms with Crippen molar-refractivity contribution in [2.75, 3.05) is 24.3 Å². The standard InChI is InChI=1S/C14H19ClN4/c1-10-14(15)13(19(4)17-10)9-16-11-7-5-6-8-12(11)18(2)3/h5-8,16H,9H2,1-4H3. The number of aryl methyl sites for hydroxylation is 2. The van der Waals surface area contributed by atoms with Crippen LogP contribution in [-0.2, 0) is 13.6 Å². The zero-order valence-electron chi connectivity index (χ0n) is 11.7. The molecule has 1 heterocycles. The monoisotopic (exact) mass is 278 g/mol. The Balaban J connectivity index is 2.19. The molecule has 1 aromatic heterocycles. The fraction of sp³-hybridized carbons (Fsp3) is 0.357. The highest BCUT2D eigenvalue weighted by Crippen LogP contribution is 2.25. The van der Waals surface area contributed by atoms with Crippen molar-refractivity contribution < 1.29 is 0 Å². The van der Waals surface area contributed by atoms with Crippen LogP contribution in [0.3, 0.4) is 0 Å². The predicted octanol–water partition coefficient (Wildman–Crippen LogP) is 3.06. The van der Waals surface area contributed by atoms with Crippen LogP contribution in [0.2, 0.25) is 5.02 Å². The molecule has 0 bridgehead atoms. The molecule has 5 heteroatoms. The van der Waals surface area contributed by atoms with E-state index in [1.807, 2.05) is 44.9 Å². The van der Waals surface area contributed by atoms with Gasteiger partial charge in [-0.15, -0.1) is 0 Å². The van der Waals surface area contributed by atoms with Crippen molar-refractivity contribution in [1.29, 1.82) is 0 Å². The van der Waals surface area contributed by atoms with Gasteiger partial charge in [0.1, 0.15) is 0 Å². The van der Waals surface area contributed by atoms with Crippen LogP contribution in [0.25, 0.3) is 0 Å². The van der Waals surface area contributed by atoms with E-state index in [1.165, 1.54) is 0 Å². The van der Waals surface area contributed by atoms with Crippen molar-refractivity contribution in [3.8, 4) is 0 Å². The molecular weight excluding hydrogens is 260 g/mol. The van der Waals surface area contributed by atoms with E-state index in [1.54, 1.807) is 0 Å². The van der Waals surface area contributed by atoms with Crippen LogP contribution in [-0.4, -0.2) is 23.9 Å². The van der Waals surface area contributed by atoms with Gasteiger partial charge in [-0.2, -0.15) is 5.10 Å². The zero-order chi connectivity index (χ0) is 14.0. The van der Waals surface area contributed by atoms with Gasteiger partial charge in [0.05, 0.1) is 34.3 Å². The first-order chi connectivity index (χ1) is 9.00. The molecule has 102 valence electrons. The molecule has 0 radical (unpaired) electrons. The molecule has 4 nitrogen and oxygen atoms in total. The van der Waals surface area contributed by atoms with Gasteiger partial charge in [0.2, 0.25) is 0 Å². The van der Waals surface area contributed by atoms with E-state index in [4.69, 9.17) is 11.6 Å². The van der Waals surface area contributed by atoms with E-state index in [-0.39, 0.29) is 0 Å². The van der Waals surface area contributed by atoms with Crippen LogP contribution in [0.4, 0.5) is 11.4 Å². The Hall–Kier alpha value is -1.68. The molecule has 19 heavy (non-hydrogen) atoms. The summed E-state index contributed by atoms with van der Waals surface area (Å²) in [6, 6.07) is 8.19. The number of anilines is 2. The van der Waals surface area contributed by atoms with E-state index in [9.17, 15) is 0 Å². The third-order valence-corrected chi connectivity index (χ3v) is 3.59. The first-order valence-corrected chi connectivity index (χ1v) is 6.56. The Morgan fingerprint density at radius 3 is 2.58 bits per heavy atom. The van der Waals surface area contributed by atoms with Crippen molar-refractivity contribution in [1.82, 2.24) is 9.78 Å².